The second kappa shape index (κ2) is 18.2. The van der Waals surface area contributed by atoms with Gasteiger partial charge in [0.25, 0.3) is 0 Å². The highest BCUT2D eigenvalue weighted by atomic mass is 32.1. The maximum absolute atomic E-state index is 11.8. The zero-order valence-electron chi connectivity index (χ0n) is 15.7. The van der Waals surface area contributed by atoms with Crippen molar-refractivity contribution in [2.45, 2.75) is 116 Å². The first-order valence-corrected chi connectivity index (χ1v) is 10.7. The summed E-state index contributed by atoms with van der Waals surface area (Å²) in [6.45, 7) is 4.46. The third kappa shape index (κ3) is 16.5. The van der Waals surface area contributed by atoms with Crippen molar-refractivity contribution in [2.75, 3.05) is 5.75 Å². The molecule has 0 spiro atoms. The van der Waals surface area contributed by atoms with Gasteiger partial charge in [-0.2, -0.15) is 12.6 Å². The molecule has 0 rings (SSSR count). The number of rotatable bonds is 17. The van der Waals surface area contributed by atoms with Crippen LogP contribution in [0.5, 0.6) is 0 Å². The number of ether oxygens (including phenoxy) is 1. The van der Waals surface area contributed by atoms with Gasteiger partial charge in [0.05, 0.1) is 0 Å². The van der Waals surface area contributed by atoms with Crippen LogP contribution in [0.4, 0.5) is 0 Å². The molecule has 1 atom stereocenters. The lowest BCUT2D eigenvalue weighted by atomic mass is 10.1. The Kier molecular flexibility index (Phi) is 18.0. The number of carbonyl (C=O) groups is 1. The van der Waals surface area contributed by atoms with Crippen molar-refractivity contribution in [3.63, 3.8) is 0 Å². The van der Waals surface area contributed by atoms with Crippen LogP contribution in [0.3, 0.4) is 0 Å². The van der Waals surface area contributed by atoms with Gasteiger partial charge in [-0.15, -0.1) is 0 Å². The van der Waals surface area contributed by atoms with Gasteiger partial charge in [-0.1, -0.05) is 84.5 Å². The molecule has 0 saturated heterocycles. The second-order valence-electron chi connectivity index (χ2n) is 6.72. The fraction of sp³-hybridized carbons (Fsp3) is 0.950. The largest absolute Gasteiger partial charge is 0.461 e. The van der Waals surface area contributed by atoms with Gasteiger partial charge in [0, 0.05) is 12.2 Å². The molecular weight excluding hydrogens is 304 g/mol. The fourth-order valence-electron chi connectivity index (χ4n) is 2.81. The molecule has 0 aliphatic carbocycles. The zero-order chi connectivity index (χ0) is 17.2. The van der Waals surface area contributed by atoms with Crippen LogP contribution < -0.4 is 0 Å². The lowest BCUT2D eigenvalue weighted by Gasteiger charge is -2.15. The molecule has 0 N–H and O–H groups in total. The topological polar surface area (TPSA) is 26.3 Å². The smallest absolute Gasteiger partial charge is 0.306 e. The molecule has 3 heteroatoms. The van der Waals surface area contributed by atoms with Crippen LogP contribution in [0.2, 0.25) is 0 Å². The SMILES string of the molecule is CCCCCCCCCCC(CS)OC(=O)CCCCCCC. The number of hydrogen-bond donors (Lipinski definition) is 1. The molecule has 0 aromatic rings. The van der Waals surface area contributed by atoms with E-state index in [1.165, 1.54) is 64.2 Å². The molecule has 1 unspecified atom stereocenters. The molecule has 0 fully saturated rings. The molecule has 0 heterocycles. The molecule has 0 bridgehead atoms. The predicted octanol–water partition coefficient (Wildman–Crippen LogP) is 6.72. The summed E-state index contributed by atoms with van der Waals surface area (Å²) in [5.74, 6) is 0.623. The Balaban J connectivity index is 3.51. The minimum Gasteiger partial charge on any atom is -0.461 e. The molecule has 0 aromatic heterocycles. The van der Waals surface area contributed by atoms with Crippen LogP contribution in [-0.4, -0.2) is 17.8 Å². The van der Waals surface area contributed by atoms with E-state index in [9.17, 15) is 4.79 Å². The number of carbonyl (C=O) groups excluding carboxylic acids is 1. The van der Waals surface area contributed by atoms with Gasteiger partial charge in [-0.3, -0.25) is 4.79 Å². The Hall–Kier alpha value is -0.180. The van der Waals surface area contributed by atoms with Crippen LogP contribution in [0.25, 0.3) is 0 Å². The van der Waals surface area contributed by atoms with Crippen molar-refractivity contribution in [2.24, 2.45) is 0 Å². The van der Waals surface area contributed by atoms with E-state index in [4.69, 9.17) is 4.74 Å². The van der Waals surface area contributed by atoms with Gasteiger partial charge in [-0.25, -0.2) is 0 Å². The normalized spacial score (nSPS) is 12.3. The molecule has 2 nitrogen and oxygen atoms in total. The van der Waals surface area contributed by atoms with Gasteiger partial charge in [0.15, 0.2) is 0 Å². The maximum Gasteiger partial charge on any atom is 0.306 e. The molecule has 0 aliphatic rings. The van der Waals surface area contributed by atoms with E-state index >= 15 is 0 Å². The first kappa shape index (κ1) is 22.8. The summed E-state index contributed by atoms with van der Waals surface area (Å²) >= 11 is 4.33. The Morgan fingerprint density at radius 2 is 1.26 bits per heavy atom. The van der Waals surface area contributed by atoms with Crippen LogP contribution >= 0.6 is 12.6 Å². The summed E-state index contributed by atoms with van der Waals surface area (Å²) in [5, 5.41) is 0. The average Bonchev–Trinajstić information content (AvgIpc) is 2.56. The van der Waals surface area contributed by atoms with Gasteiger partial charge < -0.3 is 4.74 Å². The highest BCUT2D eigenvalue weighted by Crippen LogP contribution is 2.14. The lowest BCUT2D eigenvalue weighted by molar-refractivity contribution is -0.148. The third-order valence-corrected chi connectivity index (χ3v) is 4.77. The van der Waals surface area contributed by atoms with E-state index in [0.29, 0.717) is 12.2 Å². The van der Waals surface area contributed by atoms with Crippen molar-refractivity contribution in [1.82, 2.24) is 0 Å². The first-order valence-electron chi connectivity index (χ1n) is 10.0. The molecule has 138 valence electrons. The second-order valence-corrected chi connectivity index (χ2v) is 7.09. The van der Waals surface area contributed by atoms with E-state index < -0.39 is 0 Å². The molecule has 0 amide bonds. The molecule has 0 aliphatic heterocycles. The molecule has 0 aromatic carbocycles. The Labute approximate surface area is 150 Å². The minimum absolute atomic E-state index is 0.0153. The number of unbranched alkanes of at least 4 members (excludes halogenated alkanes) is 11. The quantitative estimate of drug-likeness (QED) is 0.180. The summed E-state index contributed by atoms with van der Waals surface area (Å²) in [6.07, 6.45) is 17.9. The summed E-state index contributed by atoms with van der Waals surface area (Å²) < 4.78 is 5.55. The van der Waals surface area contributed by atoms with E-state index in [-0.39, 0.29) is 12.1 Å². The van der Waals surface area contributed by atoms with Crippen LogP contribution in [0.15, 0.2) is 0 Å². The predicted molar refractivity (Wildman–Crippen MR) is 104 cm³/mol. The van der Waals surface area contributed by atoms with Gasteiger partial charge in [0.2, 0.25) is 0 Å². The Bertz CT molecular complexity index is 256. The van der Waals surface area contributed by atoms with Crippen molar-refractivity contribution < 1.29 is 9.53 Å². The number of esters is 1. The summed E-state index contributed by atoms with van der Waals surface area (Å²) in [4.78, 5) is 11.8. The monoisotopic (exact) mass is 344 g/mol. The maximum atomic E-state index is 11.8. The number of thiol groups is 1. The average molecular weight is 345 g/mol. The van der Waals surface area contributed by atoms with Crippen molar-refractivity contribution in [3.8, 4) is 0 Å². The first-order chi connectivity index (χ1) is 11.2. The van der Waals surface area contributed by atoms with Crippen molar-refractivity contribution in [1.29, 1.82) is 0 Å². The molecular formula is C20H40O2S. The number of hydrogen-bond acceptors (Lipinski definition) is 3. The van der Waals surface area contributed by atoms with Crippen LogP contribution in [0.1, 0.15) is 110 Å². The zero-order valence-corrected chi connectivity index (χ0v) is 16.5. The van der Waals surface area contributed by atoms with E-state index in [2.05, 4.69) is 26.5 Å². The van der Waals surface area contributed by atoms with Gasteiger partial charge in [0.1, 0.15) is 6.10 Å². The van der Waals surface area contributed by atoms with Crippen LogP contribution in [-0.2, 0) is 9.53 Å². The Morgan fingerprint density at radius 3 is 1.78 bits per heavy atom. The Morgan fingerprint density at radius 1 is 0.783 bits per heavy atom. The third-order valence-electron chi connectivity index (χ3n) is 4.37. The lowest BCUT2D eigenvalue weighted by Crippen LogP contribution is -2.19. The van der Waals surface area contributed by atoms with Crippen molar-refractivity contribution in [3.05, 3.63) is 0 Å². The highest BCUT2D eigenvalue weighted by Gasteiger charge is 2.12. The minimum atomic E-state index is -0.0277. The van der Waals surface area contributed by atoms with Gasteiger partial charge in [-0.05, 0) is 19.3 Å². The van der Waals surface area contributed by atoms with Crippen LogP contribution in [0, 0.1) is 0 Å². The summed E-state index contributed by atoms with van der Waals surface area (Å²) in [7, 11) is 0. The van der Waals surface area contributed by atoms with E-state index in [1.54, 1.807) is 0 Å². The summed E-state index contributed by atoms with van der Waals surface area (Å²) in [5.41, 5.74) is 0. The van der Waals surface area contributed by atoms with Crippen molar-refractivity contribution >= 4 is 18.6 Å². The fourth-order valence-corrected chi connectivity index (χ4v) is 3.07. The highest BCUT2D eigenvalue weighted by molar-refractivity contribution is 7.80. The molecule has 23 heavy (non-hydrogen) atoms. The summed E-state index contributed by atoms with van der Waals surface area (Å²) in [6, 6.07) is 0. The standard InChI is InChI=1S/C20H40O2S/c1-3-5-7-9-10-11-13-14-16-19(18-23)22-20(21)17-15-12-8-6-4-2/h19,23H,3-18H2,1-2H3. The molecule has 0 saturated carbocycles. The van der Waals surface area contributed by atoms with Gasteiger partial charge >= 0.3 is 5.97 Å². The molecule has 0 radical (unpaired) electrons. The van der Waals surface area contributed by atoms with E-state index in [0.717, 1.165) is 25.7 Å². The van der Waals surface area contributed by atoms with E-state index in [1.807, 2.05) is 0 Å².